The maximum absolute atomic E-state index is 2.46. The zero-order valence-electron chi connectivity index (χ0n) is 29.9. The van der Waals surface area contributed by atoms with E-state index in [2.05, 4.69) is 217 Å². The second-order valence-electron chi connectivity index (χ2n) is 14.6. The highest BCUT2D eigenvalue weighted by Crippen LogP contribution is 2.50. The van der Waals surface area contributed by atoms with E-state index in [1.54, 1.807) is 0 Å². The molecule has 0 amide bonds. The Kier molecular flexibility index (Phi) is 7.19. The number of hydrogen-bond donors (Lipinski definition) is 0. The lowest BCUT2D eigenvalue weighted by molar-refractivity contribution is 0.660. The van der Waals surface area contributed by atoms with E-state index in [1.807, 2.05) is 0 Å². The number of benzene rings is 8. The molecule has 0 aliphatic heterocycles. The second kappa shape index (κ2) is 12.3. The van der Waals surface area contributed by atoms with Crippen LogP contribution in [0.1, 0.15) is 25.0 Å². The molecule has 53 heavy (non-hydrogen) atoms. The van der Waals surface area contributed by atoms with Crippen molar-refractivity contribution in [3.8, 4) is 39.1 Å². The van der Waals surface area contributed by atoms with Crippen molar-refractivity contribution >= 4 is 38.9 Å². The Labute approximate surface area is 310 Å². The first-order valence-electron chi connectivity index (χ1n) is 18.4. The topological polar surface area (TPSA) is 8.17 Å². The zero-order chi connectivity index (χ0) is 35.5. The van der Waals surface area contributed by atoms with Crippen LogP contribution in [0.25, 0.3) is 60.9 Å². The molecule has 0 saturated carbocycles. The quantitative estimate of drug-likeness (QED) is 0.170. The number of aromatic nitrogens is 1. The largest absolute Gasteiger partial charge is 0.310 e. The summed E-state index contributed by atoms with van der Waals surface area (Å²) in [4.78, 5) is 2.42. The maximum Gasteiger partial charge on any atom is 0.0561 e. The molecule has 252 valence electrons. The van der Waals surface area contributed by atoms with Gasteiger partial charge in [-0.15, -0.1) is 0 Å². The molecule has 0 saturated heterocycles. The normalized spacial score (nSPS) is 12.9. The number of fused-ring (bicyclic) bond motifs is 6. The van der Waals surface area contributed by atoms with Crippen molar-refractivity contribution in [2.75, 3.05) is 4.90 Å². The Morgan fingerprint density at radius 1 is 0.396 bits per heavy atom. The fourth-order valence-corrected chi connectivity index (χ4v) is 8.61. The summed E-state index contributed by atoms with van der Waals surface area (Å²) >= 11 is 0. The van der Waals surface area contributed by atoms with Crippen molar-refractivity contribution in [1.82, 2.24) is 4.57 Å². The zero-order valence-corrected chi connectivity index (χ0v) is 29.9. The van der Waals surface area contributed by atoms with E-state index in [-0.39, 0.29) is 5.41 Å². The van der Waals surface area contributed by atoms with Gasteiger partial charge >= 0.3 is 0 Å². The smallest absolute Gasteiger partial charge is 0.0561 e. The number of hydrogen-bond acceptors (Lipinski definition) is 1. The summed E-state index contributed by atoms with van der Waals surface area (Å²) in [5, 5.41) is 2.49. The van der Waals surface area contributed by atoms with E-state index in [4.69, 9.17) is 0 Å². The molecule has 1 aliphatic carbocycles. The van der Waals surface area contributed by atoms with Gasteiger partial charge in [-0.2, -0.15) is 0 Å². The van der Waals surface area contributed by atoms with Gasteiger partial charge in [0.2, 0.25) is 0 Å². The van der Waals surface area contributed by atoms with Crippen molar-refractivity contribution in [2.24, 2.45) is 0 Å². The first-order chi connectivity index (χ1) is 26.1. The van der Waals surface area contributed by atoms with Gasteiger partial charge in [0, 0.05) is 38.8 Å². The fraction of sp³-hybridized carbons (Fsp3) is 0.0588. The summed E-state index contributed by atoms with van der Waals surface area (Å²) in [5.74, 6) is 0. The molecule has 1 heterocycles. The molecule has 0 spiro atoms. The van der Waals surface area contributed by atoms with Crippen LogP contribution in [0, 0.1) is 0 Å². The Hall–Kier alpha value is -6.64. The van der Waals surface area contributed by atoms with Crippen molar-refractivity contribution < 1.29 is 0 Å². The van der Waals surface area contributed by atoms with Gasteiger partial charge < -0.3 is 9.47 Å². The lowest BCUT2D eigenvalue weighted by Gasteiger charge is -2.28. The molecule has 0 fully saturated rings. The fourth-order valence-electron chi connectivity index (χ4n) is 8.61. The molecule has 0 atom stereocenters. The van der Waals surface area contributed by atoms with E-state index < -0.39 is 0 Å². The number of para-hydroxylation sites is 2. The highest BCUT2D eigenvalue weighted by atomic mass is 15.1. The van der Waals surface area contributed by atoms with Gasteiger partial charge in [-0.05, 0) is 87.5 Å². The molecule has 0 bridgehead atoms. The summed E-state index contributed by atoms with van der Waals surface area (Å²) in [6.07, 6.45) is 0. The van der Waals surface area contributed by atoms with Crippen LogP contribution in [0.5, 0.6) is 0 Å². The Balaban J connectivity index is 1.20. The van der Waals surface area contributed by atoms with Crippen LogP contribution >= 0.6 is 0 Å². The summed E-state index contributed by atoms with van der Waals surface area (Å²) in [6.45, 7) is 4.69. The average molecular weight is 679 g/mol. The summed E-state index contributed by atoms with van der Waals surface area (Å²) in [7, 11) is 0. The second-order valence-corrected chi connectivity index (χ2v) is 14.6. The molecular formula is C51H38N2. The van der Waals surface area contributed by atoms with Crippen molar-refractivity contribution in [3.05, 3.63) is 205 Å². The third-order valence-electron chi connectivity index (χ3n) is 11.2. The predicted molar refractivity (Wildman–Crippen MR) is 224 cm³/mol. The van der Waals surface area contributed by atoms with Crippen molar-refractivity contribution in [2.45, 2.75) is 19.3 Å². The molecule has 8 aromatic carbocycles. The molecule has 2 nitrogen and oxygen atoms in total. The highest BCUT2D eigenvalue weighted by Gasteiger charge is 2.35. The van der Waals surface area contributed by atoms with E-state index in [1.165, 1.54) is 72.0 Å². The Morgan fingerprint density at radius 3 is 1.77 bits per heavy atom. The minimum Gasteiger partial charge on any atom is -0.310 e. The first kappa shape index (κ1) is 31.1. The van der Waals surface area contributed by atoms with Crippen molar-refractivity contribution in [1.29, 1.82) is 0 Å². The van der Waals surface area contributed by atoms with Crippen LogP contribution < -0.4 is 4.90 Å². The minimum absolute atomic E-state index is 0.0405. The Bertz CT molecular complexity index is 2790. The molecule has 1 aromatic heterocycles. The lowest BCUT2D eigenvalue weighted by atomic mass is 9.82. The SMILES string of the molecule is CC1(C)c2ccccc2-c2cc(-n3c4ccccc4c4ccc(N(c5ccc(-c6ccccc6)cc5)c5ccccc5-c5ccccc5)cc43)ccc21. The van der Waals surface area contributed by atoms with E-state index >= 15 is 0 Å². The monoisotopic (exact) mass is 678 g/mol. The summed E-state index contributed by atoms with van der Waals surface area (Å²) in [5.41, 5.74) is 17.0. The summed E-state index contributed by atoms with van der Waals surface area (Å²) < 4.78 is 2.46. The van der Waals surface area contributed by atoms with E-state index in [9.17, 15) is 0 Å². The average Bonchev–Trinajstić information content (AvgIpc) is 3.67. The molecule has 0 unspecified atom stereocenters. The first-order valence-corrected chi connectivity index (χ1v) is 18.4. The van der Waals surface area contributed by atoms with Gasteiger partial charge in [-0.25, -0.2) is 0 Å². The number of rotatable bonds is 6. The highest BCUT2D eigenvalue weighted by molar-refractivity contribution is 6.10. The van der Waals surface area contributed by atoms with Crippen LogP contribution in [0.4, 0.5) is 17.1 Å². The van der Waals surface area contributed by atoms with Crippen LogP contribution in [-0.4, -0.2) is 4.57 Å². The van der Waals surface area contributed by atoms with Crippen LogP contribution in [0.2, 0.25) is 0 Å². The molecule has 10 rings (SSSR count). The van der Waals surface area contributed by atoms with Crippen LogP contribution in [-0.2, 0) is 5.41 Å². The van der Waals surface area contributed by atoms with Crippen LogP contribution in [0.3, 0.4) is 0 Å². The lowest BCUT2D eigenvalue weighted by Crippen LogP contribution is -2.14. The minimum atomic E-state index is -0.0405. The van der Waals surface area contributed by atoms with Crippen molar-refractivity contribution in [3.63, 3.8) is 0 Å². The maximum atomic E-state index is 2.46. The standard InChI is InChI=1S/C51H38N2/c1-51(2)46-22-12-9-20-42(46)45-33-39(30-32-47(45)51)53-49-24-14-11-21-43(49)44-31-29-40(34-50(44)53)52(38-27-25-36(26-28-38)35-15-5-3-6-16-35)48-23-13-10-19-41(48)37-17-7-4-8-18-37/h3-34H,1-2H3. The molecule has 2 heteroatoms. The van der Waals surface area contributed by atoms with Gasteiger partial charge in [0.15, 0.2) is 0 Å². The van der Waals surface area contributed by atoms with Gasteiger partial charge in [0.1, 0.15) is 0 Å². The molecule has 0 radical (unpaired) electrons. The number of nitrogens with zero attached hydrogens (tertiary/aromatic N) is 2. The molecule has 0 N–H and O–H groups in total. The summed E-state index contributed by atoms with van der Waals surface area (Å²) in [6, 6.07) is 70.8. The number of anilines is 3. The van der Waals surface area contributed by atoms with Gasteiger partial charge in [0.25, 0.3) is 0 Å². The third kappa shape index (κ3) is 5.02. The molecule has 9 aromatic rings. The van der Waals surface area contributed by atoms with Gasteiger partial charge in [-0.3, -0.25) is 0 Å². The molecule has 1 aliphatic rings. The Morgan fingerprint density at radius 2 is 0.981 bits per heavy atom. The third-order valence-corrected chi connectivity index (χ3v) is 11.2. The van der Waals surface area contributed by atoms with Gasteiger partial charge in [0.05, 0.1) is 16.7 Å². The molecular weight excluding hydrogens is 641 g/mol. The predicted octanol–water partition coefficient (Wildman–Crippen LogP) is 13.9. The van der Waals surface area contributed by atoms with Gasteiger partial charge in [-0.1, -0.05) is 159 Å². The van der Waals surface area contributed by atoms with E-state index in [0.717, 1.165) is 17.1 Å². The van der Waals surface area contributed by atoms with Crippen LogP contribution in [0.15, 0.2) is 194 Å². The van der Waals surface area contributed by atoms with E-state index in [0.29, 0.717) is 0 Å².